The molecule has 46 valence electrons. The molecule has 0 fully saturated rings. The average Bonchev–Trinajstić information content (AvgIpc) is 2.19. The molecule has 8 heavy (non-hydrogen) atoms. The predicted molar refractivity (Wildman–Crippen MR) is 42.9 cm³/mol. The van der Waals surface area contributed by atoms with E-state index in [1.807, 2.05) is 23.5 Å². The number of aliphatic imine (C=N–C) groups is 1. The Morgan fingerprint density at radius 1 is 1.88 bits per heavy atom. The van der Waals surface area contributed by atoms with Crippen LogP contribution in [0.3, 0.4) is 0 Å². The van der Waals surface area contributed by atoms with E-state index in [0.717, 1.165) is 12.3 Å². The lowest BCUT2D eigenvalue weighted by Gasteiger charge is -1.90. The molecule has 1 aliphatic rings. The van der Waals surface area contributed by atoms with E-state index in [1.165, 1.54) is 10.1 Å². The van der Waals surface area contributed by atoms with Crippen LogP contribution in [0.2, 0.25) is 0 Å². The zero-order chi connectivity index (χ0) is 5.82. The van der Waals surface area contributed by atoms with Gasteiger partial charge in [0.25, 0.3) is 0 Å². The highest BCUT2D eigenvalue weighted by Gasteiger charge is 2.04. The van der Waals surface area contributed by atoms with Gasteiger partial charge in [0.05, 0.1) is 6.54 Å². The molecule has 0 atom stereocenters. The molecule has 3 heteroatoms. The number of nitrogens with zero attached hydrogens (tertiary/aromatic N) is 1. The fourth-order valence-corrected chi connectivity index (χ4v) is 2.43. The van der Waals surface area contributed by atoms with Crippen molar-refractivity contribution >= 4 is 27.9 Å². The standard InChI is InChI=1S/C5H9NS2/c1-2-7-5-6-3-4-8-5/h2-4H2,1H3. The van der Waals surface area contributed by atoms with E-state index in [0.29, 0.717) is 0 Å². The second-order valence-corrected chi connectivity index (χ2v) is 4.02. The van der Waals surface area contributed by atoms with Crippen LogP contribution in [0.15, 0.2) is 4.99 Å². The van der Waals surface area contributed by atoms with Gasteiger partial charge >= 0.3 is 0 Å². The molecule has 0 radical (unpaired) electrons. The summed E-state index contributed by atoms with van der Waals surface area (Å²) in [6, 6.07) is 0. The summed E-state index contributed by atoms with van der Waals surface area (Å²) in [5.41, 5.74) is 0. The van der Waals surface area contributed by atoms with E-state index in [-0.39, 0.29) is 0 Å². The first-order valence-electron chi connectivity index (χ1n) is 2.73. The quantitative estimate of drug-likeness (QED) is 0.561. The minimum absolute atomic E-state index is 1.03. The number of hydrogen-bond acceptors (Lipinski definition) is 3. The molecular weight excluding hydrogens is 138 g/mol. The second-order valence-electron chi connectivity index (χ2n) is 1.43. The number of rotatable bonds is 1. The highest BCUT2D eigenvalue weighted by Crippen LogP contribution is 2.20. The topological polar surface area (TPSA) is 12.4 Å². The fourth-order valence-electron chi connectivity index (χ4n) is 0.526. The van der Waals surface area contributed by atoms with E-state index >= 15 is 0 Å². The van der Waals surface area contributed by atoms with Crippen LogP contribution in [0.25, 0.3) is 0 Å². The number of thioether (sulfide) groups is 2. The van der Waals surface area contributed by atoms with E-state index < -0.39 is 0 Å². The first-order chi connectivity index (χ1) is 3.93. The maximum atomic E-state index is 4.27. The molecule has 1 nitrogen and oxygen atoms in total. The number of hydrogen-bond donors (Lipinski definition) is 0. The fraction of sp³-hybridized carbons (Fsp3) is 0.800. The van der Waals surface area contributed by atoms with Crippen LogP contribution in [-0.2, 0) is 0 Å². The Bertz CT molecular complexity index is 101. The molecule has 0 spiro atoms. The maximum Gasteiger partial charge on any atom is 0.124 e. The van der Waals surface area contributed by atoms with Gasteiger partial charge in [-0.3, -0.25) is 4.99 Å². The summed E-state index contributed by atoms with van der Waals surface area (Å²) < 4.78 is 1.28. The van der Waals surface area contributed by atoms with Crippen molar-refractivity contribution in [3.63, 3.8) is 0 Å². The first kappa shape index (κ1) is 6.49. The molecule has 0 aromatic carbocycles. The third kappa shape index (κ3) is 1.71. The molecule has 1 heterocycles. The molecule has 0 saturated carbocycles. The lowest BCUT2D eigenvalue weighted by Crippen LogP contribution is -1.77. The first-order valence-corrected chi connectivity index (χ1v) is 4.70. The Balaban J connectivity index is 2.23. The van der Waals surface area contributed by atoms with Crippen LogP contribution in [0.1, 0.15) is 6.92 Å². The van der Waals surface area contributed by atoms with Crippen LogP contribution >= 0.6 is 23.5 Å². The van der Waals surface area contributed by atoms with Crippen molar-refractivity contribution in [3.8, 4) is 0 Å². The Kier molecular flexibility index (Phi) is 2.76. The molecule has 0 bridgehead atoms. The van der Waals surface area contributed by atoms with Gasteiger partial charge in [-0.1, -0.05) is 18.7 Å². The van der Waals surface area contributed by atoms with Gasteiger partial charge in [-0.2, -0.15) is 0 Å². The minimum atomic E-state index is 1.03. The van der Waals surface area contributed by atoms with Gasteiger partial charge < -0.3 is 0 Å². The molecule has 1 aliphatic heterocycles. The van der Waals surface area contributed by atoms with Gasteiger partial charge in [0.1, 0.15) is 4.38 Å². The molecule has 0 aromatic rings. The third-order valence-corrected chi connectivity index (χ3v) is 2.96. The summed E-state index contributed by atoms with van der Waals surface area (Å²) in [4.78, 5) is 4.27. The molecule has 0 aliphatic carbocycles. The van der Waals surface area contributed by atoms with E-state index in [2.05, 4.69) is 11.9 Å². The summed E-state index contributed by atoms with van der Waals surface area (Å²) in [7, 11) is 0. The maximum absolute atomic E-state index is 4.27. The zero-order valence-electron chi connectivity index (χ0n) is 4.89. The smallest absolute Gasteiger partial charge is 0.124 e. The van der Waals surface area contributed by atoms with E-state index in [9.17, 15) is 0 Å². The normalized spacial score (nSPS) is 18.9. The third-order valence-electron chi connectivity index (χ3n) is 0.826. The van der Waals surface area contributed by atoms with Crippen molar-refractivity contribution in [1.29, 1.82) is 0 Å². The monoisotopic (exact) mass is 147 g/mol. The van der Waals surface area contributed by atoms with Crippen LogP contribution in [-0.4, -0.2) is 22.4 Å². The Labute approximate surface area is 58.3 Å². The van der Waals surface area contributed by atoms with Gasteiger partial charge in [0.2, 0.25) is 0 Å². The van der Waals surface area contributed by atoms with Gasteiger partial charge in [0, 0.05) is 5.75 Å². The highest BCUT2D eigenvalue weighted by atomic mass is 32.2. The van der Waals surface area contributed by atoms with Crippen LogP contribution in [0.5, 0.6) is 0 Å². The molecule has 0 saturated heterocycles. The van der Waals surface area contributed by atoms with E-state index in [4.69, 9.17) is 0 Å². The van der Waals surface area contributed by atoms with Gasteiger partial charge in [0.15, 0.2) is 0 Å². The lowest BCUT2D eigenvalue weighted by atomic mass is 10.8. The van der Waals surface area contributed by atoms with Crippen molar-refractivity contribution in [2.45, 2.75) is 6.92 Å². The van der Waals surface area contributed by atoms with Crippen molar-refractivity contribution in [2.24, 2.45) is 4.99 Å². The summed E-state index contributed by atoms with van der Waals surface area (Å²) in [5, 5.41) is 0. The summed E-state index contributed by atoms with van der Waals surface area (Å²) in [5.74, 6) is 2.36. The van der Waals surface area contributed by atoms with Crippen molar-refractivity contribution in [3.05, 3.63) is 0 Å². The molecule has 0 aromatic heterocycles. The SMILES string of the molecule is CCSC1=NCCS1. The average molecular weight is 147 g/mol. The van der Waals surface area contributed by atoms with Crippen molar-refractivity contribution < 1.29 is 0 Å². The van der Waals surface area contributed by atoms with Crippen LogP contribution in [0, 0.1) is 0 Å². The Morgan fingerprint density at radius 3 is 3.25 bits per heavy atom. The molecule has 0 amide bonds. The van der Waals surface area contributed by atoms with E-state index in [1.54, 1.807) is 0 Å². The van der Waals surface area contributed by atoms with Gasteiger partial charge in [-0.15, -0.1) is 11.8 Å². The van der Waals surface area contributed by atoms with Gasteiger partial charge in [-0.25, -0.2) is 0 Å². The molecule has 0 unspecified atom stereocenters. The molecule has 1 rings (SSSR count). The Morgan fingerprint density at radius 2 is 2.75 bits per heavy atom. The Hall–Kier alpha value is 0.370. The summed E-state index contributed by atoms with van der Waals surface area (Å²) in [6.07, 6.45) is 0. The summed E-state index contributed by atoms with van der Waals surface area (Å²) in [6.45, 7) is 3.19. The second kappa shape index (κ2) is 3.41. The minimum Gasteiger partial charge on any atom is -0.271 e. The van der Waals surface area contributed by atoms with Crippen LogP contribution < -0.4 is 0 Å². The summed E-state index contributed by atoms with van der Waals surface area (Å²) >= 11 is 3.73. The largest absolute Gasteiger partial charge is 0.271 e. The van der Waals surface area contributed by atoms with Crippen LogP contribution in [0.4, 0.5) is 0 Å². The van der Waals surface area contributed by atoms with Gasteiger partial charge in [-0.05, 0) is 5.75 Å². The highest BCUT2D eigenvalue weighted by molar-refractivity contribution is 8.39. The van der Waals surface area contributed by atoms with Crippen molar-refractivity contribution in [1.82, 2.24) is 0 Å². The lowest BCUT2D eigenvalue weighted by molar-refractivity contribution is 1.18. The molecule has 0 N–H and O–H groups in total. The zero-order valence-corrected chi connectivity index (χ0v) is 6.52. The molecular formula is C5H9NS2. The van der Waals surface area contributed by atoms with Crippen molar-refractivity contribution in [2.75, 3.05) is 18.1 Å². The predicted octanol–water partition coefficient (Wildman–Crippen LogP) is 1.84.